The molecule has 0 aliphatic heterocycles. The van der Waals surface area contributed by atoms with Crippen molar-refractivity contribution >= 4 is 40.0 Å². The lowest BCUT2D eigenvalue weighted by molar-refractivity contribution is 0.445. The number of halogens is 1. The average molecular weight is 514 g/mol. The lowest BCUT2D eigenvalue weighted by atomic mass is 10.1. The van der Waals surface area contributed by atoms with Crippen molar-refractivity contribution in [2.24, 2.45) is 12.0 Å². The fraction of sp³-hybridized carbons (Fsp3) is 0.765. The summed E-state index contributed by atoms with van der Waals surface area (Å²) >= 11 is 0. The van der Waals surface area contributed by atoms with E-state index in [2.05, 4.69) is 34.6 Å². The zero-order valence-corrected chi connectivity index (χ0v) is 20.7. The maximum Gasteiger partial charge on any atom is 0.215 e. The monoisotopic (exact) mass is 514 g/mol. The number of nitrogens with zero attached hydrogens (tertiary/aromatic N) is 4. The van der Waals surface area contributed by atoms with Gasteiger partial charge in [0.25, 0.3) is 0 Å². The number of aryl methyl sites for hydroxylation is 2. The summed E-state index contributed by atoms with van der Waals surface area (Å²) < 4.78 is 27.8. The van der Waals surface area contributed by atoms with Crippen LogP contribution in [0, 0.1) is 13.8 Å². The molecule has 158 valence electrons. The van der Waals surface area contributed by atoms with Gasteiger partial charge in [-0.15, -0.1) is 24.0 Å². The SMILES string of the molecule is CCN(CC)S(=O)(=O)CCNC(=NC)NC(C)Cc1c(C)nn(C)c1C.I. The largest absolute Gasteiger partial charge is 0.355 e. The summed E-state index contributed by atoms with van der Waals surface area (Å²) in [6.45, 7) is 11.1. The molecule has 1 aromatic heterocycles. The minimum absolute atomic E-state index is 0. The van der Waals surface area contributed by atoms with E-state index >= 15 is 0 Å². The van der Waals surface area contributed by atoms with Gasteiger partial charge in [0.05, 0.1) is 11.4 Å². The first kappa shape index (κ1) is 26.1. The van der Waals surface area contributed by atoms with E-state index < -0.39 is 10.0 Å². The second-order valence-corrected chi connectivity index (χ2v) is 8.51. The Labute approximate surface area is 181 Å². The molecule has 0 fully saturated rings. The van der Waals surface area contributed by atoms with Gasteiger partial charge in [0.15, 0.2) is 5.96 Å². The highest BCUT2D eigenvalue weighted by atomic mass is 127. The van der Waals surface area contributed by atoms with Crippen molar-refractivity contribution in [3.63, 3.8) is 0 Å². The third-order valence-electron chi connectivity index (χ3n) is 4.53. The first-order chi connectivity index (χ1) is 12.2. The molecule has 1 atom stereocenters. The lowest BCUT2D eigenvalue weighted by Crippen LogP contribution is -2.45. The van der Waals surface area contributed by atoms with Crippen LogP contribution < -0.4 is 10.6 Å². The third-order valence-corrected chi connectivity index (χ3v) is 6.55. The van der Waals surface area contributed by atoms with E-state index in [4.69, 9.17) is 0 Å². The highest BCUT2D eigenvalue weighted by Crippen LogP contribution is 2.14. The van der Waals surface area contributed by atoms with Crippen molar-refractivity contribution < 1.29 is 8.42 Å². The molecule has 10 heteroatoms. The van der Waals surface area contributed by atoms with Crippen LogP contribution in [-0.2, 0) is 23.5 Å². The predicted molar refractivity (Wildman–Crippen MR) is 122 cm³/mol. The highest BCUT2D eigenvalue weighted by molar-refractivity contribution is 14.0. The van der Waals surface area contributed by atoms with Crippen LogP contribution in [0.2, 0.25) is 0 Å². The van der Waals surface area contributed by atoms with Crippen LogP contribution in [-0.4, -0.2) is 66.9 Å². The molecule has 0 aliphatic rings. The van der Waals surface area contributed by atoms with Crippen molar-refractivity contribution in [3.05, 3.63) is 17.0 Å². The van der Waals surface area contributed by atoms with E-state index in [1.54, 1.807) is 7.05 Å². The van der Waals surface area contributed by atoms with Gasteiger partial charge in [-0.1, -0.05) is 13.8 Å². The smallest absolute Gasteiger partial charge is 0.215 e. The van der Waals surface area contributed by atoms with E-state index in [1.165, 1.54) is 9.87 Å². The predicted octanol–water partition coefficient (Wildman–Crippen LogP) is 1.42. The molecule has 0 saturated carbocycles. The molecule has 2 N–H and O–H groups in total. The molecule has 1 unspecified atom stereocenters. The van der Waals surface area contributed by atoms with E-state index in [0.29, 0.717) is 25.6 Å². The first-order valence-corrected chi connectivity index (χ1v) is 10.7. The van der Waals surface area contributed by atoms with Crippen LogP contribution in [0.25, 0.3) is 0 Å². The summed E-state index contributed by atoms with van der Waals surface area (Å²) in [7, 11) is 0.392. The fourth-order valence-corrected chi connectivity index (χ4v) is 4.35. The van der Waals surface area contributed by atoms with Crippen LogP contribution in [0.3, 0.4) is 0 Å². The number of guanidine groups is 1. The zero-order chi connectivity index (χ0) is 19.9. The highest BCUT2D eigenvalue weighted by Gasteiger charge is 2.19. The van der Waals surface area contributed by atoms with Gasteiger partial charge in [0, 0.05) is 45.5 Å². The molecule has 8 nitrogen and oxygen atoms in total. The minimum Gasteiger partial charge on any atom is -0.355 e. The van der Waals surface area contributed by atoms with Gasteiger partial charge in [-0.25, -0.2) is 12.7 Å². The molecular weight excluding hydrogens is 479 g/mol. The second-order valence-electron chi connectivity index (χ2n) is 6.42. The minimum atomic E-state index is -3.23. The first-order valence-electron chi connectivity index (χ1n) is 9.10. The molecule has 1 rings (SSSR count). The van der Waals surface area contributed by atoms with Crippen molar-refractivity contribution in [1.82, 2.24) is 24.7 Å². The van der Waals surface area contributed by atoms with Gasteiger partial charge in [0.1, 0.15) is 0 Å². The van der Waals surface area contributed by atoms with Gasteiger partial charge >= 0.3 is 0 Å². The number of rotatable bonds is 9. The summed E-state index contributed by atoms with van der Waals surface area (Å²) in [5.41, 5.74) is 3.42. The number of aromatic nitrogens is 2. The maximum atomic E-state index is 12.2. The van der Waals surface area contributed by atoms with E-state index in [1.807, 2.05) is 32.5 Å². The summed E-state index contributed by atoms with van der Waals surface area (Å²) in [6.07, 6.45) is 0.823. The normalized spacial score (nSPS) is 13.4. The Morgan fingerprint density at radius 2 is 1.89 bits per heavy atom. The van der Waals surface area contributed by atoms with Gasteiger partial charge in [-0.2, -0.15) is 5.10 Å². The van der Waals surface area contributed by atoms with E-state index in [-0.39, 0.29) is 35.8 Å². The molecule has 0 aromatic carbocycles. The van der Waals surface area contributed by atoms with Crippen LogP contribution in [0.5, 0.6) is 0 Å². The fourth-order valence-electron chi connectivity index (χ4n) is 2.94. The van der Waals surface area contributed by atoms with Crippen LogP contribution in [0.15, 0.2) is 4.99 Å². The van der Waals surface area contributed by atoms with Crippen molar-refractivity contribution in [2.45, 2.75) is 47.1 Å². The lowest BCUT2D eigenvalue weighted by Gasteiger charge is -2.20. The molecule has 1 heterocycles. The Morgan fingerprint density at radius 3 is 2.33 bits per heavy atom. The number of hydrogen-bond donors (Lipinski definition) is 2. The molecule has 0 bridgehead atoms. The van der Waals surface area contributed by atoms with Gasteiger partial charge in [0.2, 0.25) is 10.0 Å². The number of nitrogens with one attached hydrogen (secondary N) is 2. The summed E-state index contributed by atoms with van der Waals surface area (Å²) in [6, 6.07) is 0.141. The Hall–Kier alpha value is -0.880. The van der Waals surface area contributed by atoms with Gasteiger partial charge < -0.3 is 10.6 Å². The van der Waals surface area contributed by atoms with Crippen molar-refractivity contribution in [1.29, 1.82) is 0 Å². The molecule has 0 spiro atoms. The second kappa shape index (κ2) is 11.8. The van der Waals surface area contributed by atoms with E-state index in [0.717, 1.165) is 17.8 Å². The Bertz CT molecular complexity index is 713. The number of hydrogen-bond acceptors (Lipinski definition) is 4. The molecular formula is C17H35IN6O2S. The van der Waals surface area contributed by atoms with E-state index in [9.17, 15) is 8.42 Å². The quantitative estimate of drug-likeness (QED) is 0.296. The van der Waals surface area contributed by atoms with Crippen LogP contribution >= 0.6 is 24.0 Å². The van der Waals surface area contributed by atoms with Crippen LogP contribution in [0.1, 0.15) is 37.7 Å². The molecule has 0 saturated heterocycles. The third kappa shape index (κ3) is 7.57. The standard InChI is InChI=1S/C17H34N6O2S.HI/c1-8-23(9-2)26(24,25)11-10-19-17(18-6)20-13(3)12-16-14(4)21-22(7)15(16)5;/h13H,8-12H2,1-7H3,(H2,18,19,20);1H. The number of aliphatic imine (C=N–C) groups is 1. The maximum absolute atomic E-state index is 12.2. The molecule has 27 heavy (non-hydrogen) atoms. The zero-order valence-electron chi connectivity index (χ0n) is 17.5. The molecule has 0 amide bonds. The van der Waals surface area contributed by atoms with Crippen molar-refractivity contribution in [2.75, 3.05) is 32.4 Å². The summed E-state index contributed by atoms with van der Waals surface area (Å²) in [4.78, 5) is 4.19. The Balaban J connectivity index is 0.00000676. The average Bonchev–Trinajstić information content (AvgIpc) is 2.80. The van der Waals surface area contributed by atoms with Crippen LogP contribution in [0.4, 0.5) is 0 Å². The number of sulfonamides is 1. The van der Waals surface area contributed by atoms with Gasteiger partial charge in [-0.05, 0) is 32.8 Å². The van der Waals surface area contributed by atoms with Gasteiger partial charge in [-0.3, -0.25) is 9.67 Å². The Kier molecular flexibility index (Phi) is 11.5. The molecule has 0 aliphatic carbocycles. The summed E-state index contributed by atoms with van der Waals surface area (Å²) in [5, 5.41) is 10.9. The molecule has 1 aromatic rings. The topological polar surface area (TPSA) is 91.6 Å². The Morgan fingerprint density at radius 1 is 1.30 bits per heavy atom. The summed E-state index contributed by atoms with van der Waals surface area (Å²) in [5.74, 6) is 0.649. The van der Waals surface area contributed by atoms with Crippen molar-refractivity contribution in [3.8, 4) is 0 Å². The molecule has 0 radical (unpaired) electrons.